The van der Waals surface area contributed by atoms with Crippen LogP contribution in [0.3, 0.4) is 0 Å². The van der Waals surface area contributed by atoms with E-state index < -0.39 is 0 Å². The molecule has 5 nitrogen and oxygen atoms in total. The van der Waals surface area contributed by atoms with E-state index in [2.05, 4.69) is 9.88 Å². The van der Waals surface area contributed by atoms with Crippen LogP contribution in [0.25, 0.3) is 21.3 Å². The number of H-pyrrole nitrogens is 1. The molecule has 0 radical (unpaired) electrons. The fourth-order valence-corrected chi connectivity index (χ4v) is 4.42. The van der Waals surface area contributed by atoms with Gasteiger partial charge in [-0.05, 0) is 32.0 Å². The molecule has 6 heteroatoms. The molecule has 0 unspecified atom stereocenters. The normalized spacial score (nSPS) is 15.6. The Balaban J connectivity index is 1.73. The zero-order valence-corrected chi connectivity index (χ0v) is 15.1. The molecule has 0 spiro atoms. The summed E-state index contributed by atoms with van der Waals surface area (Å²) in [6.07, 6.45) is 3.75. The molecule has 1 aliphatic rings. The Bertz CT molecular complexity index is 941. The van der Waals surface area contributed by atoms with Crippen LogP contribution in [-0.2, 0) is 6.54 Å². The van der Waals surface area contributed by atoms with Crippen molar-refractivity contribution >= 4 is 21.6 Å². The van der Waals surface area contributed by atoms with Gasteiger partial charge in [0.1, 0.15) is 16.4 Å². The minimum Gasteiger partial charge on any atom is -0.496 e. The van der Waals surface area contributed by atoms with E-state index in [-0.39, 0.29) is 5.56 Å². The van der Waals surface area contributed by atoms with E-state index in [1.807, 2.05) is 29.6 Å². The van der Waals surface area contributed by atoms with Crippen molar-refractivity contribution in [2.24, 2.45) is 0 Å². The van der Waals surface area contributed by atoms with Crippen molar-refractivity contribution in [1.29, 1.82) is 0 Å². The molecule has 1 aliphatic heterocycles. The number of benzene rings is 1. The van der Waals surface area contributed by atoms with Gasteiger partial charge in [-0.2, -0.15) is 0 Å². The molecule has 3 aromatic rings. The van der Waals surface area contributed by atoms with E-state index in [9.17, 15) is 4.79 Å². The Kier molecular flexibility index (Phi) is 4.55. The average Bonchev–Trinajstić information content (AvgIpc) is 3.07. The Morgan fingerprint density at radius 3 is 2.80 bits per heavy atom. The predicted octanol–water partition coefficient (Wildman–Crippen LogP) is 3.65. The van der Waals surface area contributed by atoms with E-state index in [0.717, 1.165) is 40.6 Å². The summed E-state index contributed by atoms with van der Waals surface area (Å²) in [5, 5.41) is 2.65. The predicted molar refractivity (Wildman–Crippen MR) is 101 cm³/mol. The summed E-state index contributed by atoms with van der Waals surface area (Å²) in [7, 11) is 1.65. The number of likely N-dealkylation sites (tertiary alicyclic amines) is 1. The number of aromatic nitrogens is 2. The van der Waals surface area contributed by atoms with Crippen molar-refractivity contribution in [3.63, 3.8) is 0 Å². The SMILES string of the molecule is COc1ccccc1-c1csc2nc(CN3CCCCC3)[nH]c(=O)c12. The fraction of sp³-hybridized carbons (Fsp3) is 0.368. The van der Waals surface area contributed by atoms with Gasteiger partial charge in [-0.15, -0.1) is 11.3 Å². The lowest BCUT2D eigenvalue weighted by molar-refractivity contribution is 0.216. The van der Waals surface area contributed by atoms with Crippen LogP contribution in [-0.4, -0.2) is 35.1 Å². The van der Waals surface area contributed by atoms with Gasteiger partial charge in [0.15, 0.2) is 0 Å². The minimum absolute atomic E-state index is 0.0702. The third-order valence-electron chi connectivity index (χ3n) is 4.71. The lowest BCUT2D eigenvalue weighted by Crippen LogP contribution is -2.30. The lowest BCUT2D eigenvalue weighted by atomic mass is 10.1. The molecule has 0 bridgehead atoms. The van der Waals surface area contributed by atoms with Gasteiger partial charge in [-0.1, -0.05) is 24.6 Å². The molecular formula is C19H21N3O2S. The summed E-state index contributed by atoms with van der Waals surface area (Å²) in [6, 6.07) is 7.76. The molecule has 1 aromatic carbocycles. The Morgan fingerprint density at radius 2 is 2.00 bits per heavy atom. The topological polar surface area (TPSA) is 58.2 Å². The standard InChI is InChI=1S/C19H21N3O2S/c1-24-15-8-4-3-7-13(15)14-12-25-19-17(14)18(23)20-16(21-19)11-22-9-5-2-6-10-22/h3-4,7-8,12H,2,5-6,9-11H2,1H3,(H,20,21,23). The first kappa shape index (κ1) is 16.3. The van der Waals surface area contributed by atoms with Crippen LogP contribution in [0.2, 0.25) is 0 Å². The molecule has 0 amide bonds. The highest BCUT2D eigenvalue weighted by atomic mass is 32.1. The molecule has 4 rings (SSSR count). The highest BCUT2D eigenvalue weighted by molar-refractivity contribution is 7.17. The molecule has 1 N–H and O–H groups in total. The molecule has 130 valence electrons. The largest absolute Gasteiger partial charge is 0.496 e. The highest BCUT2D eigenvalue weighted by Crippen LogP contribution is 2.36. The van der Waals surface area contributed by atoms with E-state index >= 15 is 0 Å². The van der Waals surface area contributed by atoms with Crippen LogP contribution < -0.4 is 10.3 Å². The number of rotatable bonds is 4. The van der Waals surface area contributed by atoms with Gasteiger partial charge in [0, 0.05) is 16.5 Å². The number of fused-ring (bicyclic) bond motifs is 1. The van der Waals surface area contributed by atoms with Crippen LogP contribution in [0, 0.1) is 0 Å². The first-order valence-corrected chi connectivity index (χ1v) is 9.50. The Morgan fingerprint density at radius 1 is 1.20 bits per heavy atom. The Hall–Kier alpha value is -2.18. The average molecular weight is 355 g/mol. The highest BCUT2D eigenvalue weighted by Gasteiger charge is 2.17. The third-order valence-corrected chi connectivity index (χ3v) is 5.58. The number of piperidine rings is 1. The third kappa shape index (κ3) is 3.19. The molecular weight excluding hydrogens is 334 g/mol. The number of thiophene rings is 1. The van der Waals surface area contributed by atoms with Crippen LogP contribution in [0.15, 0.2) is 34.4 Å². The summed E-state index contributed by atoms with van der Waals surface area (Å²) < 4.78 is 5.45. The van der Waals surface area contributed by atoms with Crippen molar-refractivity contribution in [3.8, 4) is 16.9 Å². The Labute approximate surface area is 150 Å². The maximum atomic E-state index is 12.7. The van der Waals surface area contributed by atoms with Crippen LogP contribution >= 0.6 is 11.3 Å². The molecule has 0 aliphatic carbocycles. The quantitative estimate of drug-likeness (QED) is 0.776. The van der Waals surface area contributed by atoms with Gasteiger partial charge in [0.2, 0.25) is 0 Å². The molecule has 1 saturated heterocycles. The zero-order chi connectivity index (χ0) is 17.2. The van der Waals surface area contributed by atoms with Gasteiger partial charge in [-0.3, -0.25) is 9.69 Å². The summed E-state index contributed by atoms with van der Waals surface area (Å²) in [5.41, 5.74) is 1.74. The maximum absolute atomic E-state index is 12.7. The van der Waals surface area contributed by atoms with Crippen molar-refractivity contribution in [1.82, 2.24) is 14.9 Å². The summed E-state index contributed by atoms with van der Waals surface area (Å²) in [5.74, 6) is 1.52. The van der Waals surface area contributed by atoms with Crippen molar-refractivity contribution < 1.29 is 4.74 Å². The summed E-state index contributed by atoms with van der Waals surface area (Å²) in [6.45, 7) is 2.88. The van der Waals surface area contributed by atoms with E-state index in [1.165, 1.54) is 30.6 Å². The first-order valence-electron chi connectivity index (χ1n) is 8.62. The summed E-state index contributed by atoms with van der Waals surface area (Å²) >= 11 is 1.51. The second-order valence-corrected chi connectivity index (χ2v) is 7.24. The number of nitrogens with zero attached hydrogens (tertiary/aromatic N) is 2. The molecule has 3 heterocycles. The van der Waals surface area contributed by atoms with Gasteiger partial charge in [0.05, 0.1) is 19.0 Å². The van der Waals surface area contributed by atoms with Crippen LogP contribution in [0.5, 0.6) is 5.75 Å². The van der Waals surface area contributed by atoms with E-state index in [4.69, 9.17) is 9.72 Å². The zero-order valence-electron chi connectivity index (χ0n) is 14.2. The van der Waals surface area contributed by atoms with Crippen molar-refractivity contribution in [2.45, 2.75) is 25.8 Å². The van der Waals surface area contributed by atoms with Gasteiger partial charge in [-0.25, -0.2) is 4.98 Å². The summed E-state index contributed by atoms with van der Waals surface area (Å²) in [4.78, 5) is 23.6. The number of hydrogen-bond donors (Lipinski definition) is 1. The monoisotopic (exact) mass is 355 g/mol. The number of aromatic amines is 1. The molecule has 25 heavy (non-hydrogen) atoms. The van der Waals surface area contributed by atoms with E-state index in [1.54, 1.807) is 7.11 Å². The lowest BCUT2D eigenvalue weighted by Gasteiger charge is -2.25. The number of methoxy groups -OCH3 is 1. The molecule has 0 atom stereocenters. The number of hydrogen-bond acceptors (Lipinski definition) is 5. The van der Waals surface area contributed by atoms with Crippen molar-refractivity contribution in [3.05, 3.63) is 45.8 Å². The number of nitrogens with one attached hydrogen (secondary N) is 1. The van der Waals surface area contributed by atoms with Gasteiger partial charge < -0.3 is 9.72 Å². The number of para-hydroxylation sites is 1. The smallest absolute Gasteiger partial charge is 0.260 e. The minimum atomic E-state index is -0.0702. The van der Waals surface area contributed by atoms with Gasteiger partial charge in [0.25, 0.3) is 5.56 Å². The van der Waals surface area contributed by atoms with Crippen LogP contribution in [0.4, 0.5) is 0 Å². The van der Waals surface area contributed by atoms with Gasteiger partial charge >= 0.3 is 0 Å². The van der Waals surface area contributed by atoms with Crippen molar-refractivity contribution in [2.75, 3.05) is 20.2 Å². The number of ether oxygens (including phenoxy) is 1. The second-order valence-electron chi connectivity index (χ2n) is 6.38. The molecule has 0 saturated carbocycles. The fourth-order valence-electron chi connectivity index (χ4n) is 3.46. The molecule has 1 fully saturated rings. The van der Waals surface area contributed by atoms with E-state index in [0.29, 0.717) is 11.9 Å². The first-order chi connectivity index (χ1) is 12.3. The maximum Gasteiger partial charge on any atom is 0.260 e. The van der Waals surface area contributed by atoms with Crippen LogP contribution in [0.1, 0.15) is 25.1 Å². The molecule has 2 aromatic heterocycles. The second kappa shape index (κ2) is 6.98.